The third-order valence-corrected chi connectivity index (χ3v) is 3.52. The Balaban J connectivity index is 2.11. The van der Waals surface area contributed by atoms with E-state index in [1.165, 1.54) is 11.3 Å². The molecular weight excluding hydrogens is 252 g/mol. The number of hydrogen-bond acceptors (Lipinski definition) is 7. The van der Waals surface area contributed by atoms with Crippen molar-refractivity contribution in [3.05, 3.63) is 16.5 Å². The van der Waals surface area contributed by atoms with E-state index < -0.39 is 0 Å². The van der Waals surface area contributed by atoms with E-state index in [-0.39, 0.29) is 0 Å². The van der Waals surface area contributed by atoms with Crippen LogP contribution >= 0.6 is 11.3 Å². The average molecular weight is 268 g/mol. The van der Waals surface area contributed by atoms with Gasteiger partial charge in [0.1, 0.15) is 9.88 Å². The highest BCUT2D eigenvalue weighted by Gasteiger charge is 2.15. The molecule has 2 rings (SSSR count). The normalized spacial score (nSPS) is 11.1. The first-order chi connectivity index (χ1) is 8.74. The van der Waals surface area contributed by atoms with Crippen LogP contribution in [0.3, 0.4) is 0 Å². The molecule has 0 saturated carbocycles. The van der Waals surface area contributed by atoms with Crippen LogP contribution in [0.5, 0.6) is 0 Å². The molecule has 0 bridgehead atoms. The van der Waals surface area contributed by atoms with Gasteiger partial charge in [-0.2, -0.15) is 4.98 Å². The molecule has 0 unspecified atom stereocenters. The summed E-state index contributed by atoms with van der Waals surface area (Å²) in [5.41, 5.74) is 6.44. The molecule has 18 heavy (non-hydrogen) atoms. The van der Waals surface area contributed by atoms with Gasteiger partial charge < -0.3 is 15.0 Å². The summed E-state index contributed by atoms with van der Waals surface area (Å²) in [7, 11) is 0. The SMILES string of the molecule is CCOCCc1noc(-c2sc(CN)nc2C)n1. The number of ether oxygens (including phenoxy) is 1. The molecule has 0 amide bonds. The van der Waals surface area contributed by atoms with Crippen molar-refractivity contribution in [2.75, 3.05) is 13.2 Å². The minimum Gasteiger partial charge on any atom is -0.381 e. The predicted octanol–water partition coefficient (Wildman–Crippen LogP) is 1.54. The first-order valence-corrected chi connectivity index (χ1v) is 6.63. The summed E-state index contributed by atoms with van der Waals surface area (Å²) >= 11 is 1.49. The van der Waals surface area contributed by atoms with Crippen LogP contribution in [0.1, 0.15) is 23.4 Å². The molecule has 2 aromatic rings. The van der Waals surface area contributed by atoms with Gasteiger partial charge in [0.25, 0.3) is 5.89 Å². The van der Waals surface area contributed by atoms with Gasteiger partial charge in [-0.15, -0.1) is 11.3 Å². The van der Waals surface area contributed by atoms with Crippen LogP contribution in [0.15, 0.2) is 4.52 Å². The Hall–Kier alpha value is -1.31. The van der Waals surface area contributed by atoms with E-state index in [1.807, 2.05) is 13.8 Å². The number of nitrogens with zero attached hydrogens (tertiary/aromatic N) is 3. The van der Waals surface area contributed by atoms with Crippen molar-refractivity contribution < 1.29 is 9.26 Å². The molecular formula is C11H16N4O2S. The monoisotopic (exact) mass is 268 g/mol. The summed E-state index contributed by atoms with van der Waals surface area (Å²) in [6.45, 7) is 5.59. The largest absolute Gasteiger partial charge is 0.381 e. The first-order valence-electron chi connectivity index (χ1n) is 5.81. The van der Waals surface area contributed by atoms with Gasteiger partial charge in [-0.25, -0.2) is 4.98 Å². The Bertz CT molecular complexity index is 509. The molecule has 98 valence electrons. The van der Waals surface area contributed by atoms with Crippen molar-refractivity contribution in [3.63, 3.8) is 0 Å². The van der Waals surface area contributed by atoms with Crippen molar-refractivity contribution >= 4 is 11.3 Å². The molecule has 0 aliphatic heterocycles. The Morgan fingerprint density at radius 3 is 2.89 bits per heavy atom. The molecule has 0 saturated heterocycles. The van der Waals surface area contributed by atoms with Gasteiger partial charge in [0, 0.05) is 19.6 Å². The van der Waals surface area contributed by atoms with E-state index >= 15 is 0 Å². The van der Waals surface area contributed by atoms with Gasteiger partial charge in [0.15, 0.2) is 5.82 Å². The molecule has 0 atom stereocenters. The van der Waals surface area contributed by atoms with Crippen molar-refractivity contribution in [3.8, 4) is 10.8 Å². The third kappa shape index (κ3) is 2.92. The lowest BCUT2D eigenvalue weighted by Crippen LogP contribution is -1.99. The Kier molecular flexibility index (Phi) is 4.40. The average Bonchev–Trinajstić information content (AvgIpc) is 2.96. The minimum atomic E-state index is 0.427. The first kappa shape index (κ1) is 13.1. The molecule has 7 heteroatoms. The van der Waals surface area contributed by atoms with Crippen LogP contribution in [0.2, 0.25) is 0 Å². The van der Waals surface area contributed by atoms with E-state index in [1.54, 1.807) is 0 Å². The highest BCUT2D eigenvalue weighted by Crippen LogP contribution is 2.28. The summed E-state index contributed by atoms with van der Waals surface area (Å²) in [5, 5.41) is 4.79. The Labute approximate surface area is 109 Å². The Morgan fingerprint density at radius 2 is 2.22 bits per heavy atom. The number of hydrogen-bond donors (Lipinski definition) is 1. The fraction of sp³-hybridized carbons (Fsp3) is 0.545. The van der Waals surface area contributed by atoms with Gasteiger partial charge in [-0.05, 0) is 13.8 Å². The summed E-state index contributed by atoms with van der Waals surface area (Å²) in [6, 6.07) is 0. The topological polar surface area (TPSA) is 87.1 Å². The van der Waals surface area contributed by atoms with Crippen LogP contribution in [-0.4, -0.2) is 28.3 Å². The zero-order chi connectivity index (χ0) is 13.0. The van der Waals surface area contributed by atoms with E-state index in [9.17, 15) is 0 Å². The molecule has 0 radical (unpaired) electrons. The maximum absolute atomic E-state index is 5.56. The molecule has 0 aliphatic carbocycles. The van der Waals surface area contributed by atoms with Crippen LogP contribution in [0.25, 0.3) is 10.8 Å². The van der Waals surface area contributed by atoms with Crippen LogP contribution in [0, 0.1) is 6.92 Å². The zero-order valence-electron chi connectivity index (χ0n) is 10.5. The molecule has 6 nitrogen and oxygen atoms in total. The fourth-order valence-electron chi connectivity index (χ4n) is 1.49. The van der Waals surface area contributed by atoms with E-state index in [4.69, 9.17) is 15.0 Å². The van der Waals surface area contributed by atoms with Gasteiger partial charge in [0.2, 0.25) is 0 Å². The molecule has 0 fully saturated rings. The molecule has 2 N–H and O–H groups in total. The van der Waals surface area contributed by atoms with E-state index in [0.29, 0.717) is 37.9 Å². The van der Waals surface area contributed by atoms with Crippen LogP contribution < -0.4 is 5.73 Å². The predicted molar refractivity (Wildman–Crippen MR) is 68.2 cm³/mol. The van der Waals surface area contributed by atoms with Crippen molar-refractivity contribution in [2.45, 2.75) is 26.8 Å². The minimum absolute atomic E-state index is 0.427. The second-order valence-corrected chi connectivity index (χ2v) is 4.77. The van der Waals surface area contributed by atoms with Crippen molar-refractivity contribution in [1.29, 1.82) is 0 Å². The van der Waals surface area contributed by atoms with E-state index in [0.717, 1.165) is 15.6 Å². The molecule has 0 aromatic carbocycles. The number of aromatic nitrogens is 3. The quantitative estimate of drug-likeness (QED) is 0.800. The highest BCUT2D eigenvalue weighted by molar-refractivity contribution is 7.15. The summed E-state index contributed by atoms with van der Waals surface area (Å²) < 4.78 is 10.5. The lowest BCUT2D eigenvalue weighted by Gasteiger charge is -1.94. The van der Waals surface area contributed by atoms with Crippen molar-refractivity contribution in [2.24, 2.45) is 5.73 Å². The van der Waals surface area contributed by atoms with E-state index in [2.05, 4.69) is 15.1 Å². The lowest BCUT2D eigenvalue weighted by molar-refractivity contribution is 0.149. The van der Waals surface area contributed by atoms with Gasteiger partial charge >= 0.3 is 0 Å². The number of nitrogens with two attached hydrogens (primary N) is 1. The van der Waals surface area contributed by atoms with Crippen LogP contribution in [0.4, 0.5) is 0 Å². The van der Waals surface area contributed by atoms with Crippen LogP contribution in [-0.2, 0) is 17.7 Å². The fourth-order valence-corrected chi connectivity index (χ4v) is 2.36. The number of rotatable bonds is 6. The second kappa shape index (κ2) is 6.03. The maximum atomic E-state index is 5.56. The van der Waals surface area contributed by atoms with Crippen molar-refractivity contribution in [1.82, 2.24) is 15.1 Å². The van der Waals surface area contributed by atoms with Gasteiger partial charge in [-0.3, -0.25) is 0 Å². The molecule has 2 aromatic heterocycles. The lowest BCUT2D eigenvalue weighted by atomic mass is 10.4. The standard InChI is InChI=1S/C11H16N4O2S/c1-3-16-5-4-8-14-11(17-15-8)10-7(2)13-9(6-12)18-10/h3-6,12H2,1-2H3. The highest BCUT2D eigenvalue weighted by atomic mass is 32.1. The number of aryl methyl sites for hydroxylation is 1. The molecule has 0 spiro atoms. The smallest absolute Gasteiger partial charge is 0.269 e. The Morgan fingerprint density at radius 1 is 1.39 bits per heavy atom. The number of thiazole rings is 1. The van der Waals surface area contributed by atoms with Gasteiger partial charge in [-0.1, -0.05) is 5.16 Å². The molecule has 0 aliphatic rings. The zero-order valence-corrected chi connectivity index (χ0v) is 11.3. The van der Waals surface area contributed by atoms with Gasteiger partial charge in [0.05, 0.1) is 12.3 Å². The summed E-state index contributed by atoms with van der Waals surface area (Å²) in [6.07, 6.45) is 0.652. The third-order valence-electron chi connectivity index (χ3n) is 2.35. The second-order valence-electron chi connectivity index (χ2n) is 3.69. The summed E-state index contributed by atoms with van der Waals surface area (Å²) in [5.74, 6) is 1.16. The molecule has 2 heterocycles. The maximum Gasteiger partial charge on any atom is 0.269 e. The summed E-state index contributed by atoms with van der Waals surface area (Å²) in [4.78, 5) is 9.56.